The maximum atomic E-state index is 13.2. The smallest absolute Gasteiger partial charge is 0.335 e. The zero-order valence-electron chi connectivity index (χ0n) is 13.9. The molecule has 1 heterocycles. The van der Waals surface area contributed by atoms with Crippen LogP contribution in [0.15, 0.2) is 65.6 Å². The minimum Gasteiger partial charge on any atom is -0.478 e. The molecule has 4 rings (SSSR count). The van der Waals surface area contributed by atoms with Crippen LogP contribution in [0.25, 0.3) is 10.8 Å². The topological polar surface area (TPSA) is 74.7 Å². The summed E-state index contributed by atoms with van der Waals surface area (Å²) in [6.45, 7) is 0.562. The largest absolute Gasteiger partial charge is 0.478 e. The molecule has 1 aliphatic heterocycles. The molecule has 0 amide bonds. The van der Waals surface area contributed by atoms with Crippen molar-refractivity contribution in [3.63, 3.8) is 0 Å². The highest BCUT2D eigenvalue weighted by atomic mass is 32.2. The van der Waals surface area contributed by atoms with Crippen LogP contribution in [0.2, 0.25) is 0 Å². The second-order valence-electron chi connectivity index (χ2n) is 6.35. The van der Waals surface area contributed by atoms with Gasteiger partial charge in [0.15, 0.2) is 0 Å². The van der Waals surface area contributed by atoms with Crippen molar-refractivity contribution < 1.29 is 18.3 Å². The first-order chi connectivity index (χ1) is 12.5. The van der Waals surface area contributed by atoms with Crippen LogP contribution >= 0.6 is 0 Å². The lowest BCUT2D eigenvalue weighted by molar-refractivity contribution is 0.0696. The maximum Gasteiger partial charge on any atom is 0.335 e. The Morgan fingerprint density at radius 3 is 2.54 bits per heavy atom. The Hall–Kier alpha value is -2.70. The van der Waals surface area contributed by atoms with E-state index in [0.29, 0.717) is 18.4 Å². The molecule has 0 spiro atoms. The number of sulfonamides is 1. The van der Waals surface area contributed by atoms with Crippen LogP contribution in [-0.2, 0) is 23.0 Å². The Morgan fingerprint density at radius 2 is 1.73 bits per heavy atom. The van der Waals surface area contributed by atoms with Gasteiger partial charge in [0.05, 0.1) is 10.5 Å². The lowest BCUT2D eigenvalue weighted by atomic mass is 9.99. The summed E-state index contributed by atoms with van der Waals surface area (Å²) in [5.74, 6) is -1.01. The molecular weight excluding hydrogens is 350 g/mol. The summed E-state index contributed by atoms with van der Waals surface area (Å²) in [5.41, 5.74) is 1.92. The number of hydrogen-bond acceptors (Lipinski definition) is 3. The third-order valence-electron chi connectivity index (χ3n) is 4.80. The molecule has 0 aromatic heterocycles. The first kappa shape index (κ1) is 16.8. The fraction of sp³-hybridized carbons (Fsp3) is 0.150. The zero-order valence-corrected chi connectivity index (χ0v) is 14.7. The van der Waals surface area contributed by atoms with Crippen molar-refractivity contribution in [2.75, 3.05) is 6.54 Å². The van der Waals surface area contributed by atoms with Crippen LogP contribution in [0.5, 0.6) is 0 Å². The van der Waals surface area contributed by atoms with E-state index in [9.17, 15) is 18.3 Å². The zero-order chi connectivity index (χ0) is 18.3. The molecule has 1 aliphatic rings. The van der Waals surface area contributed by atoms with Gasteiger partial charge in [-0.2, -0.15) is 4.31 Å². The van der Waals surface area contributed by atoms with Crippen LogP contribution < -0.4 is 0 Å². The maximum absolute atomic E-state index is 13.2. The van der Waals surface area contributed by atoms with Gasteiger partial charge in [0.2, 0.25) is 10.0 Å². The molecule has 0 radical (unpaired) electrons. The van der Waals surface area contributed by atoms with E-state index in [-0.39, 0.29) is 17.0 Å². The van der Waals surface area contributed by atoms with Gasteiger partial charge in [0, 0.05) is 18.5 Å². The van der Waals surface area contributed by atoms with Crippen molar-refractivity contribution in [2.24, 2.45) is 0 Å². The van der Waals surface area contributed by atoms with E-state index >= 15 is 0 Å². The quantitative estimate of drug-likeness (QED) is 0.771. The van der Waals surface area contributed by atoms with E-state index in [4.69, 9.17) is 0 Å². The lowest BCUT2D eigenvalue weighted by Gasteiger charge is -2.28. The van der Waals surface area contributed by atoms with Crippen molar-refractivity contribution in [2.45, 2.75) is 17.9 Å². The minimum atomic E-state index is -3.68. The van der Waals surface area contributed by atoms with E-state index in [2.05, 4.69) is 0 Å². The highest BCUT2D eigenvalue weighted by Crippen LogP contribution is 2.29. The van der Waals surface area contributed by atoms with Gasteiger partial charge < -0.3 is 5.11 Å². The fourth-order valence-corrected chi connectivity index (χ4v) is 5.06. The van der Waals surface area contributed by atoms with Gasteiger partial charge in [-0.05, 0) is 41.1 Å². The number of carbonyl (C=O) groups is 1. The SMILES string of the molecule is O=C(O)c1ccc2c(c1)CN(S(=O)(=O)c1cccc3ccccc13)CC2. The Labute approximate surface area is 151 Å². The first-order valence-electron chi connectivity index (χ1n) is 8.30. The van der Waals surface area contributed by atoms with Crippen LogP contribution in [0, 0.1) is 0 Å². The molecule has 6 heteroatoms. The van der Waals surface area contributed by atoms with E-state index in [0.717, 1.165) is 16.5 Å². The average molecular weight is 367 g/mol. The molecule has 0 saturated heterocycles. The molecule has 3 aromatic carbocycles. The number of carboxylic acids is 1. The number of hydrogen-bond donors (Lipinski definition) is 1. The summed E-state index contributed by atoms with van der Waals surface area (Å²) in [6.07, 6.45) is 0.569. The Bertz CT molecular complexity index is 1120. The van der Waals surface area contributed by atoms with E-state index < -0.39 is 16.0 Å². The molecular formula is C20H17NO4S. The van der Waals surface area contributed by atoms with Crippen molar-refractivity contribution in [1.29, 1.82) is 0 Å². The average Bonchev–Trinajstić information content (AvgIpc) is 2.66. The van der Waals surface area contributed by atoms with Gasteiger partial charge >= 0.3 is 5.97 Å². The predicted molar refractivity (Wildman–Crippen MR) is 98.6 cm³/mol. The minimum absolute atomic E-state index is 0.174. The summed E-state index contributed by atoms with van der Waals surface area (Å²) in [7, 11) is -3.68. The lowest BCUT2D eigenvalue weighted by Crippen LogP contribution is -2.36. The van der Waals surface area contributed by atoms with Crippen molar-refractivity contribution in [1.82, 2.24) is 4.31 Å². The number of nitrogens with zero attached hydrogens (tertiary/aromatic N) is 1. The third-order valence-corrected chi connectivity index (χ3v) is 6.70. The van der Waals surface area contributed by atoms with Crippen LogP contribution in [0.4, 0.5) is 0 Å². The van der Waals surface area contributed by atoms with Gasteiger partial charge in [-0.15, -0.1) is 0 Å². The van der Waals surface area contributed by atoms with E-state index in [1.54, 1.807) is 30.3 Å². The Kier molecular flexibility index (Phi) is 4.01. The summed E-state index contributed by atoms with van der Waals surface area (Å²) < 4.78 is 27.9. The van der Waals surface area contributed by atoms with Gasteiger partial charge in [0.25, 0.3) is 0 Å². The van der Waals surface area contributed by atoms with E-state index in [1.165, 1.54) is 4.31 Å². The molecule has 0 unspecified atom stereocenters. The summed E-state index contributed by atoms with van der Waals surface area (Å²) >= 11 is 0. The third kappa shape index (κ3) is 2.77. The number of rotatable bonds is 3. The molecule has 0 bridgehead atoms. The van der Waals surface area contributed by atoms with Gasteiger partial charge in [-0.3, -0.25) is 0 Å². The second kappa shape index (κ2) is 6.23. The molecule has 1 N–H and O–H groups in total. The summed E-state index contributed by atoms with van der Waals surface area (Å²) in [5, 5.41) is 10.7. The molecule has 26 heavy (non-hydrogen) atoms. The molecule has 0 saturated carbocycles. The molecule has 0 fully saturated rings. The van der Waals surface area contributed by atoms with Crippen LogP contribution in [0.3, 0.4) is 0 Å². The van der Waals surface area contributed by atoms with Crippen molar-refractivity contribution >= 4 is 26.8 Å². The highest BCUT2D eigenvalue weighted by molar-refractivity contribution is 7.89. The summed E-state index contributed by atoms with van der Waals surface area (Å²) in [6, 6.07) is 17.6. The van der Waals surface area contributed by atoms with Crippen molar-refractivity contribution in [3.05, 3.63) is 77.4 Å². The van der Waals surface area contributed by atoms with Gasteiger partial charge in [-0.1, -0.05) is 42.5 Å². The number of benzene rings is 3. The molecule has 5 nitrogen and oxygen atoms in total. The van der Waals surface area contributed by atoms with Gasteiger partial charge in [-0.25, -0.2) is 13.2 Å². The second-order valence-corrected chi connectivity index (χ2v) is 8.26. The first-order valence-corrected chi connectivity index (χ1v) is 9.74. The number of carboxylic acid groups (broad SMARTS) is 1. The standard InChI is InChI=1S/C20H17NO4S/c22-20(23)16-9-8-14-10-11-21(13-17(14)12-16)26(24,25)19-7-3-5-15-4-1-2-6-18(15)19/h1-9,12H,10-11,13H2,(H,22,23). The monoisotopic (exact) mass is 367 g/mol. The van der Waals surface area contributed by atoms with Crippen molar-refractivity contribution in [3.8, 4) is 0 Å². The van der Waals surface area contributed by atoms with Crippen LogP contribution in [-0.4, -0.2) is 30.3 Å². The molecule has 3 aromatic rings. The van der Waals surface area contributed by atoms with E-state index in [1.807, 2.05) is 30.3 Å². The Balaban J connectivity index is 1.75. The number of fused-ring (bicyclic) bond motifs is 2. The fourth-order valence-electron chi connectivity index (χ4n) is 3.43. The van der Waals surface area contributed by atoms with Crippen LogP contribution in [0.1, 0.15) is 21.5 Å². The normalized spacial score (nSPS) is 14.9. The predicted octanol–water partition coefficient (Wildman–Crippen LogP) is 3.29. The highest BCUT2D eigenvalue weighted by Gasteiger charge is 2.29. The summed E-state index contributed by atoms with van der Waals surface area (Å²) in [4.78, 5) is 11.5. The molecule has 0 aliphatic carbocycles. The molecule has 132 valence electrons. The molecule has 0 atom stereocenters. The van der Waals surface area contributed by atoms with Gasteiger partial charge in [0.1, 0.15) is 0 Å². The number of aromatic carboxylic acids is 1. The Morgan fingerprint density at radius 1 is 0.962 bits per heavy atom.